The zero-order valence-electron chi connectivity index (χ0n) is 16.0. The van der Waals surface area contributed by atoms with E-state index in [1.54, 1.807) is 18.5 Å². The van der Waals surface area contributed by atoms with Gasteiger partial charge < -0.3 is 9.67 Å². The summed E-state index contributed by atoms with van der Waals surface area (Å²) in [6.07, 6.45) is 5.25. The Kier molecular flexibility index (Phi) is 5.21. The smallest absolute Gasteiger partial charge is 0.336 e. The van der Waals surface area contributed by atoms with Gasteiger partial charge in [0.15, 0.2) is 0 Å². The fraction of sp³-hybridized carbons (Fsp3) is 0.318. The van der Waals surface area contributed by atoms with Gasteiger partial charge in [0.1, 0.15) is 12.2 Å². The Balaban J connectivity index is 1.54. The molecule has 6 heteroatoms. The van der Waals surface area contributed by atoms with E-state index in [1.807, 2.05) is 35.9 Å². The molecule has 28 heavy (non-hydrogen) atoms. The molecule has 0 aliphatic carbocycles. The summed E-state index contributed by atoms with van der Waals surface area (Å²) in [4.78, 5) is 13.9. The summed E-state index contributed by atoms with van der Waals surface area (Å²) < 4.78 is 2.01. The number of aryl methyl sites for hydroxylation is 1. The van der Waals surface area contributed by atoms with Crippen LogP contribution in [0.25, 0.3) is 11.1 Å². The molecule has 1 aromatic heterocycles. The zero-order chi connectivity index (χ0) is 19.5. The predicted octanol–water partition coefficient (Wildman–Crippen LogP) is 3.91. The van der Waals surface area contributed by atoms with E-state index in [1.165, 1.54) is 18.4 Å². The Labute approximate surface area is 164 Å². The minimum atomic E-state index is -0.903. The van der Waals surface area contributed by atoms with Gasteiger partial charge in [0.2, 0.25) is 0 Å². The van der Waals surface area contributed by atoms with E-state index in [9.17, 15) is 9.90 Å². The van der Waals surface area contributed by atoms with Crippen molar-refractivity contribution in [3.05, 3.63) is 71.8 Å². The van der Waals surface area contributed by atoms with Gasteiger partial charge in [0.25, 0.3) is 0 Å². The number of nitrogens with zero attached hydrogens (tertiary/aromatic N) is 4. The SMILES string of the molecule is Cn1cnnc1[C@H]1CCCCN1Cc1ccc(-c2ccccc2C(=O)O)cc1. The average molecular weight is 376 g/mol. The summed E-state index contributed by atoms with van der Waals surface area (Å²) in [6.45, 7) is 1.89. The first-order chi connectivity index (χ1) is 13.6. The van der Waals surface area contributed by atoms with Gasteiger partial charge in [-0.1, -0.05) is 48.9 Å². The fourth-order valence-corrected chi connectivity index (χ4v) is 4.01. The molecule has 1 N–H and O–H groups in total. The minimum Gasteiger partial charge on any atom is -0.478 e. The lowest BCUT2D eigenvalue weighted by molar-refractivity contribution is 0.0697. The third-order valence-corrected chi connectivity index (χ3v) is 5.47. The number of hydrogen-bond donors (Lipinski definition) is 1. The minimum absolute atomic E-state index is 0.286. The molecule has 1 atom stereocenters. The Bertz CT molecular complexity index is 965. The second-order valence-corrected chi connectivity index (χ2v) is 7.33. The molecule has 1 fully saturated rings. The number of benzene rings is 2. The highest BCUT2D eigenvalue weighted by Crippen LogP contribution is 2.31. The second-order valence-electron chi connectivity index (χ2n) is 7.33. The number of likely N-dealkylation sites (tertiary alicyclic amines) is 1. The van der Waals surface area contributed by atoms with Crippen LogP contribution in [-0.2, 0) is 13.6 Å². The topological polar surface area (TPSA) is 71.2 Å². The Morgan fingerprint density at radius 3 is 2.64 bits per heavy atom. The summed E-state index contributed by atoms with van der Waals surface area (Å²) in [5, 5.41) is 17.8. The van der Waals surface area contributed by atoms with Crippen molar-refractivity contribution in [1.82, 2.24) is 19.7 Å². The maximum Gasteiger partial charge on any atom is 0.336 e. The normalized spacial score (nSPS) is 17.5. The van der Waals surface area contributed by atoms with Crippen molar-refractivity contribution in [2.24, 2.45) is 7.05 Å². The molecule has 2 heterocycles. The Morgan fingerprint density at radius 2 is 1.93 bits per heavy atom. The fourth-order valence-electron chi connectivity index (χ4n) is 4.01. The van der Waals surface area contributed by atoms with Gasteiger partial charge in [-0.3, -0.25) is 4.90 Å². The van der Waals surface area contributed by atoms with Crippen molar-refractivity contribution in [3.8, 4) is 11.1 Å². The van der Waals surface area contributed by atoms with Gasteiger partial charge in [-0.05, 0) is 42.1 Å². The van der Waals surface area contributed by atoms with Crippen molar-refractivity contribution >= 4 is 5.97 Å². The van der Waals surface area contributed by atoms with E-state index in [4.69, 9.17) is 0 Å². The van der Waals surface area contributed by atoms with E-state index in [-0.39, 0.29) is 6.04 Å². The van der Waals surface area contributed by atoms with Gasteiger partial charge in [-0.2, -0.15) is 0 Å². The molecule has 1 aliphatic rings. The number of rotatable bonds is 5. The van der Waals surface area contributed by atoms with E-state index in [2.05, 4.69) is 27.2 Å². The zero-order valence-corrected chi connectivity index (χ0v) is 16.0. The highest BCUT2D eigenvalue weighted by Gasteiger charge is 2.27. The Hall–Kier alpha value is -2.99. The molecule has 0 radical (unpaired) electrons. The predicted molar refractivity (Wildman–Crippen MR) is 107 cm³/mol. The number of aromatic nitrogens is 3. The lowest BCUT2D eigenvalue weighted by Gasteiger charge is -2.35. The quantitative estimate of drug-likeness (QED) is 0.731. The van der Waals surface area contributed by atoms with Crippen LogP contribution in [0.4, 0.5) is 0 Å². The summed E-state index contributed by atoms with van der Waals surface area (Å²) in [5.41, 5.74) is 3.21. The first-order valence-electron chi connectivity index (χ1n) is 9.63. The number of hydrogen-bond acceptors (Lipinski definition) is 4. The Morgan fingerprint density at radius 1 is 1.14 bits per heavy atom. The number of piperidine rings is 1. The first kappa shape index (κ1) is 18.4. The monoisotopic (exact) mass is 376 g/mol. The van der Waals surface area contributed by atoms with Crippen molar-refractivity contribution in [3.63, 3.8) is 0 Å². The van der Waals surface area contributed by atoms with E-state index in [0.717, 1.165) is 36.5 Å². The van der Waals surface area contributed by atoms with E-state index in [0.29, 0.717) is 5.56 Å². The summed E-state index contributed by atoms with van der Waals surface area (Å²) in [6, 6.07) is 15.6. The molecule has 0 bridgehead atoms. The van der Waals surface area contributed by atoms with Crippen LogP contribution in [0.2, 0.25) is 0 Å². The summed E-state index contributed by atoms with van der Waals surface area (Å²) in [7, 11) is 2.00. The summed E-state index contributed by atoms with van der Waals surface area (Å²) in [5.74, 6) is 0.117. The molecule has 1 saturated heterocycles. The van der Waals surface area contributed by atoms with Crippen molar-refractivity contribution in [2.75, 3.05) is 6.54 Å². The van der Waals surface area contributed by atoms with Gasteiger partial charge in [0, 0.05) is 13.6 Å². The van der Waals surface area contributed by atoms with Crippen LogP contribution in [0.1, 0.15) is 47.1 Å². The number of carbonyl (C=O) groups is 1. The van der Waals surface area contributed by atoms with Crippen molar-refractivity contribution < 1.29 is 9.90 Å². The van der Waals surface area contributed by atoms with Crippen molar-refractivity contribution in [2.45, 2.75) is 31.8 Å². The number of carboxylic acids is 1. The van der Waals surface area contributed by atoms with E-state index < -0.39 is 5.97 Å². The van der Waals surface area contributed by atoms with Crippen LogP contribution in [0.3, 0.4) is 0 Å². The molecule has 3 aromatic rings. The van der Waals surface area contributed by atoms with Gasteiger partial charge >= 0.3 is 5.97 Å². The number of aromatic carboxylic acids is 1. The van der Waals surface area contributed by atoms with Crippen LogP contribution in [0, 0.1) is 0 Å². The van der Waals surface area contributed by atoms with Crippen LogP contribution in [0.15, 0.2) is 54.9 Å². The third kappa shape index (κ3) is 3.68. The molecule has 6 nitrogen and oxygen atoms in total. The molecule has 4 rings (SSSR count). The number of carboxylic acid groups (broad SMARTS) is 1. The molecule has 2 aromatic carbocycles. The summed E-state index contributed by atoms with van der Waals surface area (Å²) >= 11 is 0. The maximum atomic E-state index is 11.5. The molecule has 1 aliphatic heterocycles. The molecule has 0 spiro atoms. The van der Waals surface area contributed by atoms with Gasteiger partial charge in [-0.25, -0.2) is 4.79 Å². The molecule has 0 amide bonds. The second kappa shape index (κ2) is 7.94. The van der Waals surface area contributed by atoms with Crippen LogP contribution in [-0.4, -0.2) is 37.3 Å². The van der Waals surface area contributed by atoms with Gasteiger partial charge in [0.05, 0.1) is 11.6 Å². The first-order valence-corrected chi connectivity index (χ1v) is 9.63. The maximum absolute atomic E-state index is 11.5. The van der Waals surface area contributed by atoms with Crippen LogP contribution < -0.4 is 0 Å². The highest BCUT2D eigenvalue weighted by atomic mass is 16.4. The molecule has 0 unspecified atom stereocenters. The lowest BCUT2D eigenvalue weighted by atomic mass is 9.97. The largest absolute Gasteiger partial charge is 0.478 e. The highest BCUT2D eigenvalue weighted by molar-refractivity contribution is 5.95. The lowest BCUT2D eigenvalue weighted by Crippen LogP contribution is -2.34. The average Bonchev–Trinajstić information content (AvgIpc) is 3.15. The molecular weight excluding hydrogens is 352 g/mol. The molecule has 144 valence electrons. The van der Waals surface area contributed by atoms with E-state index >= 15 is 0 Å². The van der Waals surface area contributed by atoms with Crippen molar-refractivity contribution in [1.29, 1.82) is 0 Å². The standard InChI is InChI=1S/C22H24N4O2/c1-25-15-23-24-21(25)20-8-4-5-13-26(20)14-16-9-11-17(12-10-16)18-6-2-3-7-19(18)22(27)28/h2-3,6-7,9-12,15,20H,4-5,8,13-14H2,1H3,(H,27,28)/t20-/m1/s1. The molecular formula is C22H24N4O2. The van der Waals surface area contributed by atoms with Crippen LogP contribution in [0.5, 0.6) is 0 Å². The van der Waals surface area contributed by atoms with Gasteiger partial charge in [-0.15, -0.1) is 10.2 Å². The van der Waals surface area contributed by atoms with Crippen LogP contribution >= 0.6 is 0 Å². The molecule has 0 saturated carbocycles. The third-order valence-electron chi connectivity index (χ3n) is 5.47.